The van der Waals surface area contributed by atoms with Gasteiger partial charge < -0.3 is 19.9 Å². The number of anilines is 2. The lowest BCUT2D eigenvalue weighted by Crippen LogP contribution is -2.48. The Morgan fingerprint density at radius 2 is 1.71 bits per heavy atom. The Balaban J connectivity index is 1.44. The first-order valence-corrected chi connectivity index (χ1v) is 9.61. The molecule has 0 aromatic heterocycles. The number of cyclic esters (lactones) is 1. The zero-order valence-corrected chi connectivity index (χ0v) is 16.3. The van der Waals surface area contributed by atoms with Crippen LogP contribution >= 0.6 is 0 Å². The Kier molecular flexibility index (Phi) is 4.81. The minimum atomic E-state index is -1.22. The molecule has 2 heterocycles. The maximum Gasteiger partial charge on any atom is 0.339 e. The van der Waals surface area contributed by atoms with Crippen LogP contribution in [0.25, 0.3) is 0 Å². The number of fused-ring (bicyclic) bond motifs is 1. The first-order chi connectivity index (χ1) is 13.4. The molecule has 2 aromatic carbocycles. The first-order valence-electron chi connectivity index (χ1n) is 9.61. The van der Waals surface area contributed by atoms with E-state index in [1.165, 1.54) is 0 Å². The molecule has 0 spiro atoms. The normalized spacial score (nSPS) is 22.4. The number of nitrogens with zero attached hydrogens (tertiary/aromatic N) is 2. The van der Waals surface area contributed by atoms with Gasteiger partial charge in [0.05, 0.1) is 5.56 Å². The Bertz CT molecular complexity index is 888. The number of hydrogen-bond acceptors (Lipinski definition) is 5. The number of benzene rings is 2. The van der Waals surface area contributed by atoms with Crippen molar-refractivity contribution in [2.45, 2.75) is 18.9 Å². The van der Waals surface area contributed by atoms with Crippen LogP contribution in [0.1, 0.15) is 22.8 Å². The fraction of sp³-hybridized carbons (Fsp3) is 0.364. The second-order valence-electron chi connectivity index (χ2n) is 7.75. The number of ether oxygens (including phenoxy) is 1. The van der Waals surface area contributed by atoms with Crippen LogP contribution in [0.4, 0.5) is 11.4 Å². The van der Waals surface area contributed by atoms with E-state index < -0.39 is 11.6 Å². The van der Waals surface area contributed by atoms with Gasteiger partial charge in [-0.15, -0.1) is 0 Å². The summed E-state index contributed by atoms with van der Waals surface area (Å²) in [6, 6.07) is 15.1. The van der Waals surface area contributed by atoms with Crippen molar-refractivity contribution in [2.24, 2.45) is 0 Å². The lowest BCUT2D eigenvalue weighted by Gasteiger charge is -2.34. The lowest BCUT2D eigenvalue weighted by molar-refractivity contribution is -0.134. The second kappa shape index (κ2) is 7.28. The maximum absolute atomic E-state index is 12.9. The van der Waals surface area contributed by atoms with E-state index in [1.54, 1.807) is 19.1 Å². The molecule has 0 aliphatic carbocycles. The van der Waals surface area contributed by atoms with E-state index in [-0.39, 0.29) is 5.91 Å². The lowest BCUT2D eigenvalue weighted by atomic mass is 9.89. The topological polar surface area (TPSA) is 61.9 Å². The van der Waals surface area contributed by atoms with Gasteiger partial charge >= 0.3 is 5.97 Å². The van der Waals surface area contributed by atoms with Crippen molar-refractivity contribution in [1.29, 1.82) is 0 Å². The molecule has 0 saturated carbocycles. The monoisotopic (exact) mass is 379 g/mol. The largest absolute Gasteiger partial charge is 0.445 e. The molecule has 6 nitrogen and oxygen atoms in total. The number of piperazine rings is 1. The molecule has 1 atom stereocenters. The van der Waals surface area contributed by atoms with Gasteiger partial charge in [-0.25, -0.2) is 4.79 Å². The van der Waals surface area contributed by atoms with Gasteiger partial charge in [-0.05, 0) is 49.9 Å². The summed E-state index contributed by atoms with van der Waals surface area (Å²) < 4.78 is 5.50. The number of likely N-dealkylation sites (N-methyl/N-ethyl adjacent to an activating group) is 1. The Morgan fingerprint density at radius 3 is 2.43 bits per heavy atom. The first kappa shape index (κ1) is 18.5. The summed E-state index contributed by atoms with van der Waals surface area (Å²) in [5, 5.41) is 2.90. The highest BCUT2D eigenvalue weighted by Crippen LogP contribution is 2.29. The average Bonchev–Trinajstić information content (AvgIpc) is 2.69. The van der Waals surface area contributed by atoms with Gasteiger partial charge in [0.15, 0.2) is 5.60 Å². The van der Waals surface area contributed by atoms with Crippen molar-refractivity contribution < 1.29 is 14.3 Å². The van der Waals surface area contributed by atoms with E-state index in [0.717, 1.165) is 37.4 Å². The van der Waals surface area contributed by atoms with Gasteiger partial charge in [0.1, 0.15) is 0 Å². The van der Waals surface area contributed by atoms with Crippen molar-refractivity contribution in [1.82, 2.24) is 4.90 Å². The summed E-state index contributed by atoms with van der Waals surface area (Å²) in [5.74, 6) is -0.771. The predicted octanol–water partition coefficient (Wildman–Crippen LogP) is 2.55. The molecule has 1 N–H and O–H groups in total. The molecule has 2 aromatic rings. The van der Waals surface area contributed by atoms with Crippen molar-refractivity contribution in [2.75, 3.05) is 43.4 Å². The molecule has 146 valence electrons. The van der Waals surface area contributed by atoms with Gasteiger partial charge in [-0.1, -0.05) is 18.2 Å². The number of nitrogens with one attached hydrogen (secondary N) is 1. The van der Waals surface area contributed by atoms with Crippen LogP contribution in [0.2, 0.25) is 0 Å². The maximum atomic E-state index is 12.9. The molecule has 1 saturated heterocycles. The van der Waals surface area contributed by atoms with Crippen LogP contribution in [0.15, 0.2) is 48.5 Å². The van der Waals surface area contributed by atoms with Crippen LogP contribution < -0.4 is 10.2 Å². The Morgan fingerprint density at radius 1 is 1.04 bits per heavy atom. The fourth-order valence-corrected chi connectivity index (χ4v) is 3.74. The molecular formula is C22H25N3O3. The van der Waals surface area contributed by atoms with Gasteiger partial charge in [0.2, 0.25) is 0 Å². The van der Waals surface area contributed by atoms with Crippen LogP contribution in [0.5, 0.6) is 0 Å². The highest BCUT2D eigenvalue weighted by atomic mass is 16.6. The van der Waals surface area contributed by atoms with Crippen molar-refractivity contribution in [3.05, 3.63) is 59.7 Å². The van der Waals surface area contributed by atoms with Crippen molar-refractivity contribution >= 4 is 23.3 Å². The zero-order valence-electron chi connectivity index (χ0n) is 16.3. The van der Waals surface area contributed by atoms with Crippen LogP contribution in [0, 0.1) is 0 Å². The van der Waals surface area contributed by atoms with Crippen LogP contribution in [-0.4, -0.2) is 55.6 Å². The number of carbonyl (C=O) groups is 2. The molecule has 1 fully saturated rings. The van der Waals surface area contributed by atoms with Crippen molar-refractivity contribution in [3.63, 3.8) is 0 Å². The van der Waals surface area contributed by atoms with E-state index in [4.69, 9.17) is 4.74 Å². The number of carbonyl (C=O) groups excluding carboxylic acids is 2. The van der Waals surface area contributed by atoms with Crippen LogP contribution in [-0.2, 0) is 16.0 Å². The van der Waals surface area contributed by atoms with Gasteiger partial charge in [-0.3, -0.25) is 4.79 Å². The molecule has 4 rings (SSSR count). The molecule has 0 radical (unpaired) electrons. The zero-order chi connectivity index (χ0) is 19.7. The highest BCUT2D eigenvalue weighted by Gasteiger charge is 2.42. The predicted molar refractivity (Wildman–Crippen MR) is 109 cm³/mol. The minimum absolute atomic E-state index is 0.317. The molecule has 2 aliphatic rings. The summed E-state index contributed by atoms with van der Waals surface area (Å²) in [6.45, 7) is 5.74. The molecule has 0 bridgehead atoms. The van der Waals surface area contributed by atoms with Gasteiger partial charge in [0, 0.05) is 44.0 Å². The average molecular weight is 379 g/mol. The third-order valence-electron chi connectivity index (χ3n) is 5.56. The third kappa shape index (κ3) is 3.60. The molecule has 1 amide bonds. The number of rotatable bonds is 3. The number of esters is 1. The molecule has 2 aliphatic heterocycles. The van der Waals surface area contributed by atoms with E-state index in [9.17, 15) is 9.59 Å². The summed E-state index contributed by atoms with van der Waals surface area (Å²) in [4.78, 5) is 29.8. The van der Waals surface area contributed by atoms with E-state index in [2.05, 4.69) is 22.2 Å². The Hall–Kier alpha value is -2.86. The molecule has 1 unspecified atom stereocenters. The third-order valence-corrected chi connectivity index (χ3v) is 5.56. The minimum Gasteiger partial charge on any atom is -0.445 e. The molecular weight excluding hydrogens is 354 g/mol. The van der Waals surface area contributed by atoms with Crippen LogP contribution in [0.3, 0.4) is 0 Å². The summed E-state index contributed by atoms with van der Waals surface area (Å²) in [5.41, 5.74) is 1.99. The van der Waals surface area contributed by atoms with E-state index >= 15 is 0 Å². The fourth-order valence-electron chi connectivity index (χ4n) is 3.74. The quantitative estimate of drug-likeness (QED) is 0.831. The highest BCUT2D eigenvalue weighted by molar-refractivity contribution is 6.02. The number of amides is 1. The van der Waals surface area contributed by atoms with Gasteiger partial charge in [0.25, 0.3) is 5.91 Å². The summed E-state index contributed by atoms with van der Waals surface area (Å²) >= 11 is 0. The molecule has 28 heavy (non-hydrogen) atoms. The van der Waals surface area contributed by atoms with E-state index in [1.807, 2.05) is 36.4 Å². The Labute approximate surface area is 165 Å². The number of hydrogen-bond donors (Lipinski definition) is 1. The van der Waals surface area contributed by atoms with Crippen molar-refractivity contribution in [3.8, 4) is 0 Å². The summed E-state index contributed by atoms with van der Waals surface area (Å²) in [6.07, 6.45) is 0.361. The standard InChI is InChI=1S/C22H25N3O3/c1-22(15-16-5-3-4-6-19(16)20(26)28-22)21(27)23-17-7-9-18(10-8-17)25-13-11-24(2)12-14-25/h3-10H,11-15H2,1-2H3,(H,23,27). The molecule has 6 heteroatoms. The van der Waals surface area contributed by atoms with Gasteiger partial charge in [-0.2, -0.15) is 0 Å². The smallest absolute Gasteiger partial charge is 0.339 e. The SMILES string of the molecule is CN1CCN(c2ccc(NC(=O)C3(C)Cc4ccccc4C(=O)O3)cc2)CC1. The second-order valence-corrected chi connectivity index (χ2v) is 7.75. The summed E-state index contributed by atoms with van der Waals surface area (Å²) in [7, 11) is 2.13. The van der Waals surface area contributed by atoms with E-state index in [0.29, 0.717) is 17.7 Å².